The summed E-state index contributed by atoms with van der Waals surface area (Å²) < 4.78 is 28.7. The van der Waals surface area contributed by atoms with E-state index in [1.165, 1.54) is 12.1 Å². The molecule has 0 saturated heterocycles. The molecule has 0 aliphatic heterocycles. The lowest BCUT2D eigenvalue weighted by Crippen LogP contribution is -2.04. The fraction of sp³-hybridized carbons (Fsp3) is 0.250. The molecule has 1 aromatic carbocycles. The van der Waals surface area contributed by atoms with Crippen LogP contribution in [0.1, 0.15) is 17.0 Å². The van der Waals surface area contributed by atoms with E-state index in [0.717, 1.165) is 21.9 Å². The maximum Gasteiger partial charge on any atom is 0.126 e. The van der Waals surface area contributed by atoms with Crippen LogP contribution >= 0.6 is 15.9 Å². The molecule has 1 aromatic heterocycles. The zero-order valence-corrected chi connectivity index (χ0v) is 11.1. The van der Waals surface area contributed by atoms with Crippen LogP contribution in [-0.4, -0.2) is 9.78 Å². The van der Waals surface area contributed by atoms with Crippen molar-refractivity contribution >= 4 is 15.9 Å². The van der Waals surface area contributed by atoms with Crippen molar-refractivity contribution in [1.29, 1.82) is 0 Å². The summed E-state index contributed by atoms with van der Waals surface area (Å²) in [7, 11) is 0. The Hall–Kier alpha value is -1.23. The molecule has 0 spiro atoms. The number of rotatable bonds is 2. The van der Waals surface area contributed by atoms with E-state index in [1.54, 1.807) is 4.68 Å². The van der Waals surface area contributed by atoms with E-state index in [-0.39, 0.29) is 0 Å². The molecule has 1 heterocycles. The van der Waals surface area contributed by atoms with E-state index in [2.05, 4.69) is 21.0 Å². The fourth-order valence-corrected chi connectivity index (χ4v) is 1.99. The molecule has 90 valence electrons. The van der Waals surface area contributed by atoms with E-state index in [4.69, 9.17) is 0 Å². The number of hydrogen-bond acceptors (Lipinski definition) is 1. The highest BCUT2D eigenvalue weighted by molar-refractivity contribution is 9.10. The summed E-state index contributed by atoms with van der Waals surface area (Å²) in [6.07, 6.45) is 0. The highest BCUT2D eigenvalue weighted by Crippen LogP contribution is 2.21. The van der Waals surface area contributed by atoms with Gasteiger partial charge in [0.05, 0.1) is 22.4 Å². The number of aryl methyl sites for hydroxylation is 1. The second kappa shape index (κ2) is 4.56. The Morgan fingerprint density at radius 2 is 1.76 bits per heavy atom. The van der Waals surface area contributed by atoms with Crippen molar-refractivity contribution in [2.75, 3.05) is 0 Å². The van der Waals surface area contributed by atoms with Gasteiger partial charge in [0.15, 0.2) is 0 Å². The van der Waals surface area contributed by atoms with Gasteiger partial charge < -0.3 is 0 Å². The van der Waals surface area contributed by atoms with Gasteiger partial charge in [-0.1, -0.05) is 0 Å². The molecule has 0 bridgehead atoms. The lowest BCUT2D eigenvalue weighted by atomic mass is 10.2. The lowest BCUT2D eigenvalue weighted by molar-refractivity contribution is 0.572. The number of benzene rings is 1. The van der Waals surface area contributed by atoms with Crippen molar-refractivity contribution in [1.82, 2.24) is 9.78 Å². The van der Waals surface area contributed by atoms with Crippen LogP contribution in [0.2, 0.25) is 0 Å². The fourth-order valence-electron chi connectivity index (χ4n) is 1.70. The highest BCUT2D eigenvalue weighted by atomic mass is 79.9. The predicted octanol–water partition coefficient (Wildman–Crippen LogP) is 3.59. The first-order valence-electron chi connectivity index (χ1n) is 5.12. The molecule has 0 unspecified atom stereocenters. The maximum absolute atomic E-state index is 13.0. The maximum atomic E-state index is 13.0. The summed E-state index contributed by atoms with van der Waals surface area (Å²) in [4.78, 5) is 0. The molecule has 0 aliphatic rings. The van der Waals surface area contributed by atoms with E-state index in [1.807, 2.05) is 13.8 Å². The van der Waals surface area contributed by atoms with Gasteiger partial charge in [0, 0.05) is 6.07 Å². The molecule has 2 aromatic rings. The van der Waals surface area contributed by atoms with Crippen LogP contribution in [0.3, 0.4) is 0 Å². The summed E-state index contributed by atoms with van der Waals surface area (Å²) in [5.74, 6) is -1.14. The van der Waals surface area contributed by atoms with Crippen molar-refractivity contribution in [3.05, 3.63) is 51.3 Å². The molecule has 17 heavy (non-hydrogen) atoms. The molecule has 0 atom stereocenters. The Labute approximate surface area is 106 Å². The highest BCUT2D eigenvalue weighted by Gasteiger charge is 2.09. The van der Waals surface area contributed by atoms with Gasteiger partial charge in [0.2, 0.25) is 0 Å². The standard InChI is InChI=1S/C12H11BrF2N2/c1-7-12(13)8(2)17(16-7)6-9-3-10(14)5-11(15)4-9/h3-5H,6H2,1-2H3. The number of hydrogen-bond donors (Lipinski definition) is 0. The van der Waals surface area contributed by atoms with E-state index < -0.39 is 11.6 Å². The minimum Gasteiger partial charge on any atom is -0.264 e. The van der Waals surface area contributed by atoms with Crippen LogP contribution < -0.4 is 0 Å². The SMILES string of the molecule is Cc1nn(Cc2cc(F)cc(F)c2)c(C)c1Br. The Balaban J connectivity index is 2.34. The molecule has 5 heteroatoms. The van der Waals surface area contributed by atoms with Crippen molar-refractivity contribution < 1.29 is 8.78 Å². The average Bonchev–Trinajstić information content (AvgIpc) is 2.45. The second-order valence-corrected chi connectivity index (χ2v) is 4.71. The summed E-state index contributed by atoms with van der Waals surface area (Å²) in [5, 5.41) is 4.29. The van der Waals surface area contributed by atoms with Crippen LogP contribution in [-0.2, 0) is 6.54 Å². The van der Waals surface area contributed by atoms with Gasteiger partial charge in [0.25, 0.3) is 0 Å². The monoisotopic (exact) mass is 300 g/mol. The first-order chi connectivity index (χ1) is 7.97. The van der Waals surface area contributed by atoms with Crippen molar-refractivity contribution in [2.45, 2.75) is 20.4 Å². The normalized spacial score (nSPS) is 10.9. The van der Waals surface area contributed by atoms with Crippen LogP contribution in [0.25, 0.3) is 0 Å². The summed E-state index contributed by atoms with van der Waals surface area (Å²) in [5.41, 5.74) is 2.35. The second-order valence-electron chi connectivity index (χ2n) is 3.92. The van der Waals surface area contributed by atoms with E-state index in [0.29, 0.717) is 12.1 Å². The molecule has 2 nitrogen and oxygen atoms in total. The van der Waals surface area contributed by atoms with Crippen LogP contribution in [0.4, 0.5) is 8.78 Å². The first kappa shape index (κ1) is 12.2. The minimum absolute atomic E-state index is 0.354. The minimum atomic E-state index is -0.569. The molecular formula is C12H11BrF2N2. The van der Waals surface area contributed by atoms with Crippen molar-refractivity contribution in [2.24, 2.45) is 0 Å². The zero-order chi connectivity index (χ0) is 12.6. The van der Waals surface area contributed by atoms with Gasteiger partial charge in [-0.25, -0.2) is 8.78 Å². The van der Waals surface area contributed by atoms with E-state index >= 15 is 0 Å². The van der Waals surface area contributed by atoms with Crippen LogP contribution in [0.5, 0.6) is 0 Å². The third-order valence-electron chi connectivity index (χ3n) is 2.55. The average molecular weight is 301 g/mol. The molecule has 0 fully saturated rings. The third-order valence-corrected chi connectivity index (χ3v) is 3.70. The van der Waals surface area contributed by atoms with Gasteiger partial charge in [-0.2, -0.15) is 5.10 Å². The Bertz CT molecular complexity index is 544. The van der Waals surface area contributed by atoms with Crippen molar-refractivity contribution in [3.8, 4) is 0 Å². The quantitative estimate of drug-likeness (QED) is 0.829. The van der Waals surface area contributed by atoms with Crippen molar-refractivity contribution in [3.63, 3.8) is 0 Å². The Kier molecular flexibility index (Phi) is 3.28. The predicted molar refractivity (Wildman–Crippen MR) is 64.9 cm³/mol. The molecule has 0 radical (unpaired) electrons. The van der Waals surface area contributed by atoms with Gasteiger partial charge in [-0.3, -0.25) is 4.68 Å². The molecule has 0 amide bonds. The topological polar surface area (TPSA) is 17.8 Å². The number of aromatic nitrogens is 2. The number of nitrogens with zero attached hydrogens (tertiary/aromatic N) is 2. The van der Waals surface area contributed by atoms with Crippen LogP contribution in [0, 0.1) is 25.5 Å². The van der Waals surface area contributed by atoms with Crippen LogP contribution in [0.15, 0.2) is 22.7 Å². The lowest BCUT2D eigenvalue weighted by Gasteiger charge is -2.05. The molecule has 0 saturated carbocycles. The molecule has 2 rings (SSSR count). The molecule has 0 N–H and O–H groups in total. The van der Waals surface area contributed by atoms with Gasteiger partial charge >= 0.3 is 0 Å². The summed E-state index contributed by atoms with van der Waals surface area (Å²) in [6.45, 7) is 4.13. The van der Waals surface area contributed by atoms with E-state index in [9.17, 15) is 8.78 Å². The smallest absolute Gasteiger partial charge is 0.126 e. The Morgan fingerprint density at radius 3 is 2.24 bits per heavy atom. The largest absolute Gasteiger partial charge is 0.264 e. The zero-order valence-electron chi connectivity index (χ0n) is 9.47. The molecular weight excluding hydrogens is 290 g/mol. The summed E-state index contributed by atoms with van der Waals surface area (Å²) in [6, 6.07) is 3.49. The van der Waals surface area contributed by atoms with Gasteiger partial charge in [-0.05, 0) is 47.5 Å². The number of halogens is 3. The van der Waals surface area contributed by atoms with Gasteiger partial charge in [-0.15, -0.1) is 0 Å². The molecule has 0 aliphatic carbocycles. The summed E-state index contributed by atoms with van der Waals surface area (Å²) >= 11 is 3.41. The third kappa shape index (κ3) is 2.54. The Morgan fingerprint density at radius 1 is 1.18 bits per heavy atom. The first-order valence-corrected chi connectivity index (χ1v) is 5.91. The van der Waals surface area contributed by atoms with Gasteiger partial charge in [0.1, 0.15) is 11.6 Å².